The van der Waals surface area contributed by atoms with Gasteiger partial charge in [0.05, 0.1) is 12.7 Å². The number of ether oxygens (including phenoxy) is 1. The summed E-state index contributed by atoms with van der Waals surface area (Å²) in [6.07, 6.45) is 2.43. The van der Waals surface area contributed by atoms with E-state index >= 15 is 0 Å². The Morgan fingerprint density at radius 3 is 1.93 bits per heavy atom. The molecule has 3 aromatic rings. The first-order valence-electron chi connectivity index (χ1n) is 10.6. The number of carbonyl (C=O) groups excluding carboxylic acids is 1. The summed E-state index contributed by atoms with van der Waals surface area (Å²) in [5, 5.41) is 0. The van der Waals surface area contributed by atoms with Crippen LogP contribution in [0.15, 0.2) is 54.6 Å². The van der Waals surface area contributed by atoms with E-state index in [0.29, 0.717) is 5.56 Å². The van der Waals surface area contributed by atoms with Crippen LogP contribution < -0.4 is 0 Å². The Morgan fingerprint density at radius 2 is 1.33 bits per heavy atom. The Labute approximate surface area is 179 Å². The van der Waals surface area contributed by atoms with Crippen LogP contribution in [0.2, 0.25) is 0 Å². The van der Waals surface area contributed by atoms with Gasteiger partial charge in [-0.25, -0.2) is 4.79 Å². The van der Waals surface area contributed by atoms with Gasteiger partial charge in [0.25, 0.3) is 0 Å². The van der Waals surface area contributed by atoms with Gasteiger partial charge in [0, 0.05) is 18.4 Å². The number of rotatable bonds is 3. The van der Waals surface area contributed by atoms with Gasteiger partial charge in [0.15, 0.2) is 0 Å². The fraction of sp³-hybridized carbons (Fsp3) is 0.370. The van der Waals surface area contributed by atoms with Crippen molar-refractivity contribution in [2.75, 3.05) is 7.11 Å². The van der Waals surface area contributed by atoms with Crippen molar-refractivity contribution >= 4 is 5.97 Å². The normalized spacial score (nSPS) is 16.7. The van der Waals surface area contributed by atoms with Gasteiger partial charge in [-0.3, -0.25) is 0 Å². The van der Waals surface area contributed by atoms with Gasteiger partial charge in [-0.05, 0) is 76.3 Å². The number of nitrogens with zero attached hydrogens (tertiary/aromatic N) is 1. The van der Waals surface area contributed by atoms with Gasteiger partial charge < -0.3 is 9.30 Å². The topological polar surface area (TPSA) is 31.2 Å². The highest BCUT2D eigenvalue weighted by molar-refractivity contribution is 5.90. The quantitative estimate of drug-likeness (QED) is 0.469. The summed E-state index contributed by atoms with van der Waals surface area (Å²) in [5.41, 5.74) is 8.59. The molecule has 4 rings (SSSR count). The predicted octanol–water partition coefficient (Wildman–Crippen LogP) is 6.49. The largest absolute Gasteiger partial charge is 0.465 e. The average molecular weight is 402 g/mol. The SMILES string of the molecule is COC(=O)c1ccc(-c2ccc(-c3ccc4c(c3)C(C)(C)CCC4(C)C)n2C)cc1. The molecule has 0 saturated carbocycles. The molecule has 0 spiro atoms. The van der Waals surface area contributed by atoms with Crippen LogP contribution in [0, 0.1) is 0 Å². The van der Waals surface area contributed by atoms with E-state index in [2.05, 4.69) is 69.6 Å². The number of carbonyl (C=O) groups is 1. The Bertz CT molecular complexity index is 1100. The van der Waals surface area contributed by atoms with Crippen LogP contribution in [0.3, 0.4) is 0 Å². The molecule has 2 aromatic carbocycles. The standard InChI is InChI=1S/C27H31NO2/c1-26(2)15-16-27(3,4)22-17-20(11-12-21(22)26)24-14-13-23(28(24)5)18-7-9-19(10-8-18)25(29)30-6/h7-14,17H,15-16H2,1-6H3. The average Bonchev–Trinajstić information content (AvgIpc) is 3.12. The third-order valence-corrected chi connectivity index (χ3v) is 6.87. The van der Waals surface area contributed by atoms with Crippen LogP contribution in [0.25, 0.3) is 22.5 Å². The highest BCUT2D eigenvalue weighted by Crippen LogP contribution is 2.47. The van der Waals surface area contributed by atoms with Crippen LogP contribution >= 0.6 is 0 Å². The smallest absolute Gasteiger partial charge is 0.337 e. The first-order chi connectivity index (χ1) is 14.1. The third kappa shape index (κ3) is 3.36. The van der Waals surface area contributed by atoms with Crippen molar-refractivity contribution in [1.29, 1.82) is 0 Å². The zero-order valence-corrected chi connectivity index (χ0v) is 18.9. The zero-order valence-electron chi connectivity index (χ0n) is 18.9. The molecule has 0 atom stereocenters. The minimum absolute atomic E-state index is 0.193. The van der Waals surface area contributed by atoms with Gasteiger partial charge >= 0.3 is 5.97 Å². The zero-order chi connectivity index (χ0) is 21.7. The molecule has 1 aromatic heterocycles. The third-order valence-electron chi connectivity index (χ3n) is 6.87. The summed E-state index contributed by atoms with van der Waals surface area (Å²) >= 11 is 0. The molecule has 0 amide bonds. The molecule has 0 radical (unpaired) electrons. The predicted molar refractivity (Wildman–Crippen MR) is 123 cm³/mol. The Balaban J connectivity index is 1.74. The van der Waals surface area contributed by atoms with E-state index in [4.69, 9.17) is 4.74 Å². The molecule has 0 aliphatic heterocycles. The molecule has 0 saturated heterocycles. The van der Waals surface area contributed by atoms with Gasteiger partial charge in [0.1, 0.15) is 0 Å². The van der Waals surface area contributed by atoms with Gasteiger partial charge in [0.2, 0.25) is 0 Å². The maximum atomic E-state index is 11.7. The highest BCUT2D eigenvalue weighted by Gasteiger charge is 2.37. The summed E-state index contributed by atoms with van der Waals surface area (Å²) in [4.78, 5) is 11.7. The molecule has 30 heavy (non-hydrogen) atoms. The Kier molecular flexibility index (Phi) is 4.88. The van der Waals surface area contributed by atoms with Crippen molar-refractivity contribution in [3.05, 3.63) is 71.3 Å². The van der Waals surface area contributed by atoms with Crippen molar-refractivity contribution in [1.82, 2.24) is 4.57 Å². The fourth-order valence-electron chi connectivity index (χ4n) is 4.73. The van der Waals surface area contributed by atoms with Gasteiger partial charge in [-0.2, -0.15) is 0 Å². The van der Waals surface area contributed by atoms with Crippen LogP contribution in [0.1, 0.15) is 62.0 Å². The van der Waals surface area contributed by atoms with Crippen molar-refractivity contribution in [3.63, 3.8) is 0 Å². The van der Waals surface area contributed by atoms with Gasteiger partial charge in [-0.15, -0.1) is 0 Å². The van der Waals surface area contributed by atoms with Gasteiger partial charge in [-0.1, -0.05) is 52.0 Å². The minimum Gasteiger partial charge on any atom is -0.465 e. The summed E-state index contributed by atoms with van der Waals surface area (Å²) in [7, 11) is 3.51. The van der Waals surface area contributed by atoms with E-state index in [1.54, 1.807) is 0 Å². The summed E-state index contributed by atoms with van der Waals surface area (Å²) in [6, 6.07) is 18.9. The number of hydrogen-bond donors (Lipinski definition) is 0. The lowest BCUT2D eigenvalue weighted by atomic mass is 9.63. The van der Waals surface area contributed by atoms with Crippen molar-refractivity contribution in [2.45, 2.75) is 51.4 Å². The van der Waals surface area contributed by atoms with E-state index in [1.165, 1.54) is 42.3 Å². The van der Waals surface area contributed by atoms with Crippen LogP contribution in [0.4, 0.5) is 0 Å². The first-order valence-corrected chi connectivity index (χ1v) is 10.6. The minimum atomic E-state index is -0.311. The monoisotopic (exact) mass is 401 g/mol. The molecule has 156 valence electrons. The molecule has 3 nitrogen and oxygen atoms in total. The number of esters is 1. The summed E-state index contributed by atoms with van der Waals surface area (Å²) < 4.78 is 7.03. The lowest BCUT2D eigenvalue weighted by Crippen LogP contribution is -2.33. The van der Waals surface area contributed by atoms with E-state index in [9.17, 15) is 4.79 Å². The van der Waals surface area contributed by atoms with E-state index < -0.39 is 0 Å². The molecule has 1 aliphatic rings. The molecular formula is C27H31NO2. The van der Waals surface area contributed by atoms with E-state index in [0.717, 1.165) is 11.3 Å². The molecule has 1 heterocycles. The molecule has 0 bridgehead atoms. The molecular weight excluding hydrogens is 370 g/mol. The van der Waals surface area contributed by atoms with Crippen molar-refractivity contribution < 1.29 is 9.53 Å². The molecule has 3 heteroatoms. The number of aromatic nitrogens is 1. The highest BCUT2D eigenvalue weighted by atomic mass is 16.5. The second-order valence-corrected chi connectivity index (χ2v) is 9.76. The van der Waals surface area contributed by atoms with Crippen molar-refractivity contribution in [3.8, 4) is 22.5 Å². The lowest BCUT2D eigenvalue weighted by molar-refractivity contribution is 0.0601. The van der Waals surface area contributed by atoms with Crippen LogP contribution in [-0.4, -0.2) is 17.6 Å². The fourth-order valence-corrected chi connectivity index (χ4v) is 4.73. The first kappa shape index (κ1) is 20.5. The van der Waals surface area contributed by atoms with E-state index in [-0.39, 0.29) is 16.8 Å². The van der Waals surface area contributed by atoms with Crippen LogP contribution in [-0.2, 0) is 22.6 Å². The number of benzene rings is 2. The molecule has 0 unspecified atom stereocenters. The number of fused-ring (bicyclic) bond motifs is 1. The Hall–Kier alpha value is -2.81. The number of hydrogen-bond acceptors (Lipinski definition) is 2. The maximum Gasteiger partial charge on any atom is 0.337 e. The molecule has 0 N–H and O–H groups in total. The maximum absolute atomic E-state index is 11.7. The summed E-state index contributed by atoms with van der Waals surface area (Å²) in [5.74, 6) is -0.311. The number of methoxy groups -OCH3 is 1. The lowest BCUT2D eigenvalue weighted by Gasteiger charge is -2.42. The van der Waals surface area contributed by atoms with E-state index in [1.807, 2.05) is 24.3 Å². The molecule has 1 aliphatic carbocycles. The van der Waals surface area contributed by atoms with Crippen molar-refractivity contribution in [2.24, 2.45) is 7.05 Å². The summed E-state index contributed by atoms with van der Waals surface area (Å²) in [6.45, 7) is 9.45. The van der Waals surface area contributed by atoms with Crippen LogP contribution in [0.5, 0.6) is 0 Å². The Morgan fingerprint density at radius 1 is 0.800 bits per heavy atom. The second kappa shape index (κ2) is 7.16. The second-order valence-electron chi connectivity index (χ2n) is 9.76. The molecule has 0 fully saturated rings.